The molecule has 0 heterocycles. The van der Waals surface area contributed by atoms with Crippen molar-refractivity contribution in [2.75, 3.05) is 5.32 Å². The molecule has 1 amide bonds. The van der Waals surface area contributed by atoms with E-state index < -0.39 is 27.1 Å². The number of carbonyl (C=O) groups is 1. The van der Waals surface area contributed by atoms with Crippen molar-refractivity contribution in [1.29, 1.82) is 0 Å². The van der Waals surface area contributed by atoms with Gasteiger partial charge in [-0.25, -0.2) is 4.79 Å². The molecular formula is C16H10Cl4F3NO2S. The Kier molecular flexibility index (Phi) is 7.44. The number of hydrogen-bond donors (Lipinski definition) is 1. The van der Waals surface area contributed by atoms with Crippen molar-refractivity contribution < 1.29 is 22.7 Å². The average Bonchev–Trinajstić information content (AvgIpc) is 2.55. The molecule has 1 N–H and O–H groups in total. The predicted molar refractivity (Wildman–Crippen MR) is 103 cm³/mol. The zero-order valence-corrected chi connectivity index (χ0v) is 16.9. The molecule has 0 aliphatic carbocycles. The maximum Gasteiger partial charge on any atom is 0.416 e. The molecule has 2 aromatic rings. The molecular weight excluding hydrogens is 469 g/mol. The van der Waals surface area contributed by atoms with Crippen LogP contribution in [-0.2, 0) is 10.9 Å². The number of benzene rings is 2. The number of ether oxygens (including phenoxy) is 1. The van der Waals surface area contributed by atoms with Gasteiger partial charge in [-0.15, -0.1) is 0 Å². The van der Waals surface area contributed by atoms with E-state index in [2.05, 4.69) is 5.32 Å². The number of amides is 1. The van der Waals surface area contributed by atoms with Gasteiger partial charge < -0.3 is 4.74 Å². The van der Waals surface area contributed by atoms with Crippen LogP contribution in [-0.4, -0.2) is 15.3 Å². The topological polar surface area (TPSA) is 38.3 Å². The minimum atomic E-state index is -4.55. The molecule has 3 nitrogen and oxygen atoms in total. The van der Waals surface area contributed by atoms with Gasteiger partial charge >= 0.3 is 12.3 Å². The Morgan fingerprint density at radius 1 is 1.07 bits per heavy atom. The van der Waals surface area contributed by atoms with Gasteiger partial charge in [0.05, 0.1) is 5.56 Å². The fourth-order valence-corrected chi connectivity index (χ4v) is 3.28. The van der Waals surface area contributed by atoms with Gasteiger partial charge in [-0.05, 0) is 42.5 Å². The summed E-state index contributed by atoms with van der Waals surface area (Å²) in [6.45, 7) is 0. The number of hydrogen-bond acceptors (Lipinski definition) is 3. The van der Waals surface area contributed by atoms with E-state index in [0.717, 1.165) is 30.0 Å². The Morgan fingerprint density at radius 3 is 2.26 bits per heavy atom. The Bertz CT molecular complexity index is 797. The molecule has 0 spiro atoms. The summed E-state index contributed by atoms with van der Waals surface area (Å²) in [7, 11) is 0. The Labute approximate surface area is 177 Å². The van der Waals surface area contributed by atoms with E-state index in [-0.39, 0.29) is 5.69 Å². The molecule has 27 heavy (non-hydrogen) atoms. The molecule has 2 aromatic carbocycles. The molecule has 0 unspecified atom stereocenters. The van der Waals surface area contributed by atoms with Crippen molar-refractivity contribution in [3.63, 3.8) is 0 Å². The van der Waals surface area contributed by atoms with Gasteiger partial charge in [0, 0.05) is 15.6 Å². The third-order valence-electron chi connectivity index (χ3n) is 2.97. The maximum atomic E-state index is 12.7. The lowest BCUT2D eigenvalue weighted by molar-refractivity contribution is -0.137. The highest BCUT2D eigenvalue weighted by Crippen LogP contribution is 2.41. The fourth-order valence-electron chi connectivity index (χ4n) is 1.81. The van der Waals surface area contributed by atoms with Crippen LogP contribution in [0.1, 0.15) is 5.56 Å². The van der Waals surface area contributed by atoms with Gasteiger partial charge in [0.1, 0.15) is 0 Å². The number of anilines is 1. The SMILES string of the molecule is O=C(Nc1cccc(C(F)(F)F)c1)O[C@H](Sc1ccc(Cl)cc1)C(Cl)(Cl)Cl. The second kappa shape index (κ2) is 9.01. The van der Waals surface area contributed by atoms with Crippen LogP contribution in [0.5, 0.6) is 0 Å². The summed E-state index contributed by atoms with van der Waals surface area (Å²) in [5.41, 5.74) is -2.31. The molecule has 0 saturated carbocycles. The van der Waals surface area contributed by atoms with E-state index in [1.807, 2.05) is 0 Å². The highest BCUT2D eigenvalue weighted by atomic mass is 35.6. The van der Waals surface area contributed by atoms with Crippen LogP contribution >= 0.6 is 58.2 Å². The van der Waals surface area contributed by atoms with E-state index >= 15 is 0 Å². The first-order valence-corrected chi connectivity index (χ1v) is 9.48. The average molecular weight is 479 g/mol. The van der Waals surface area contributed by atoms with Crippen LogP contribution in [0.25, 0.3) is 0 Å². The lowest BCUT2D eigenvalue weighted by atomic mass is 10.2. The lowest BCUT2D eigenvalue weighted by Gasteiger charge is -2.24. The number of carbonyl (C=O) groups excluding carboxylic acids is 1. The first-order chi connectivity index (χ1) is 12.4. The molecule has 0 aliphatic rings. The first-order valence-electron chi connectivity index (χ1n) is 7.09. The molecule has 146 valence electrons. The largest absolute Gasteiger partial charge is 0.430 e. The van der Waals surface area contributed by atoms with Gasteiger partial charge in [-0.2, -0.15) is 13.2 Å². The highest BCUT2D eigenvalue weighted by Gasteiger charge is 2.37. The van der Waals surface area contributed by atoms with Gasteiger partial charge in [0.15, 0.2) is 0 Å². The third kappa shape index (κ3) is 7.16. The molecule has 0 bridgehead atoms. The lowest BCUT2D eigenvalue weighted by Crippen LogP contribution is -2.30. The summed E-state index contributed by atoms with van der Waals surface area (Å²) in [5, 5.41) is 2.67. The molecule has 2 rings (SSSR count). The molecule has 0 aromatic heterocycles. The number of alkyl halides is 6. The number of halogens is 7. The summed E-state index contributed by atoms with van der Waals surface area (Å²) < 4.78 is 41.3. The minimum Gasteiger partial charge on any atom is -0.430 e. The normalized spacial score (nSPS) is 13.1. The van der Waals surface area contributed by atoms with E-state index in [9.17, 15) is 18.0 Å². The van der Waals surface area contributed by atoms with Gasteiger partial charge in [-0.3, -0.25) is 5.32 Å². The van der Waals surface area contributed by atoms with Crippen LogP contribution in [0.3, 0.4) is 0 Å². The summed E-state index contributed by atoms with van der Waals surface area (Å²) >= 11 is 24.3. The number of thioether (sulfide) groups is 1. The summed E-state index contributed by atoms with van der Waals surface area (Å²) in [4.78, 5) is 12.6. The van der Waals surface area contributed by atoms with Crippen LogP contribution in [0.2, 0.25) is 5.02 Å². The van der Waals surface area contributed by atoms with Crippen molar-refractivity contribution >= 4 is 69.9 Å². The van der Waals surface area contributed by atoms with Crippen molar-refractivity contribution in [3.8, 4) is 0 Å². The number of rotatable bonds is 4. The predicted octanol–water partition coefficient (Wildman–Crippen LogP) is 7.40. The molecule has 0 fully saturated rings. The molecule has 1 atom stereocenters. The number of nitrogens with one attached hydrogen (secondary N) is 1. The van der Waals surface area contributed by atoms with Crippen molar-refractivity contribution in [2.24, 2.45) is 0 Å². The Balaban J connectivity index is 2.09. The fraction of sp³-hybridized carbons (Fsp3) is 0.188. The molecule has 0 radical (unpaired) electrons. The van der Waals surface area contributed by atoms with Gasteiger partial charge in [-0.1, -0.05) is 64.2 Å². The van der Waals surface area contributed by atoms with E-state index in [4.69, 9.17) is 51.1 Å². The van der Waals surface area contributed by atoms with E-state index in [1.54, 1.807) is 24.3 Å². The van der Waals surface area contributed by atoms with Crippen LogP contribution < -0.4 is 5.32 Å². The van der Waals surface area contributed by atoms with Crippen molar-refractivity contribution in [1.82, 2.24) is 0 Å². The quantitative estimate of drug-likeness (QED) is 0.282. The molecule has 0 saturated heterocycles. The van der Waals surface area contributed by atoms with Crippen LogP contribution in [0.15, 0.2) is 53.4 Å². The van der Waals surface area contributed by atoms with Crippen molar-refractivity contribution in [2.45, 2.75) is 20.3 Å². The molecule has 11 heteroatoms. The van der Waals surface area contributed by atoms with Gasteiger partial charge in [0.25, 0.3) is 0 Å². The summed E-state index contributed by atoms with van der Waals surface area (Å²) in [5.74, 6) is 0. The second-order valence-corrected chi connectivity index (χ2v) is 8.99. The smallest absolute Gasteiger partial charge is 0.416 e. The van der Waals surface area contributed by atoms with E-state index in [0.29, 0.717) is 9.92 Å². The first kappa shape index (κ1) is 22.3. The van der Waals surface area contributed by atoms with Crippen LogP contribution in [0, 0.1) is 0 Å². The Morgan fingerprint density at radius 2 is 1.70 bits per heavy atom. The molecule has 0 aliphatic heterocycles. The monoisotopic (exact) mass is 477 g/mol. The maximum absolute atomic E-state index is 12.7. The zero-order valence-electron chi connectivity index (χ0n) is 13.1. The highest BCUT2D eigenvalue weighted by molar-refractivity contribution is 8.00. The van der Waals surface area contributed by atoms with Crippen molar-refractivity contribution in [3.05, 3.63) is 59.1 Å². The van der Waals surface area contributed by atoms with E-state index in [1.165, 1.54) is 6.07 Å². The standard InChI is InChI=1S/C16H10Cl4F3NO2S/c17-10-4-6-12(7-5-10)27-13(15(18,19)20)26-14(25)24-11-3-1-2-9(8-11)16(21,22)23/h1-8,13H,(H,24,25)/t13-/m1/s1. The third-order valence-corrected chi connectivity index (χ3v) is 5.42. The summed E-state index contributed by atoms with van der Waals surface area (Å²) in [6.07, 6.45) is -5.63. The minimum absolute atomic E-state index is 0.116. The van der Waals surface area contributed by atoms with Crippen LogP contribution in [0.4, 0.5) is 23.7 Å². The summed E-state index contributed by atoms with van der Waals surface area (Å²) in [6, 6.07) is 10.5. The second-order valence-electron chi connectivity index (χ2n) is 5.05. The Hall–Kier alpha value is -0.990. The van der Waals surface area contributed by atoms with Gasteiger partial charge in [0.2, 0.25) is 9.23 Å². The zero-order chi connectivity index (χ0) is 20.2.